The lowest BCUT2D eigenvalue weighted by Gasteiger charge is -2.35. The summed E-state index contributed by atoms with van der Waals surface area (Å²) in [6.07, 6.45) is 10.9. The second-order valence-corrected chi connectivity index (χ2v) is 7.24. The van der Waals surface area contributed by atoms with Gasteiger partial charge in [0.1, 0.15) is 10.8 Å². The summed E-state index contributed by atoms with van der Waals surface area (Å²) < 4.78 is 0. The first kappa shape index (κ1) is 14.7. The van der Waals surface area contributed by atoms with E-state index in [0.717, 1.165) is 36.6 Å². The fraction of sp³-hybridized carbons (Fsp3) is 0.562. The maximum absolute atomic E-state index is 12.9. The van der Waals surface area contributed by atoms with E-state index in [1.54, 1.807) is 17.5 Å². The number of nitrogens with zero attached hydrogens (tertiary/aromatic N) is 3. The number of aromatic amines is 1. The average molecular weight is 331 g/mol. The van der Waals surface area contributed by atoms with Gasteiger partial charge in [-0.05, 0) is 38.0 Å². The van der Waals surface area contributed by atoms with Crippen LogP contribution in [0.15, 0.2) is 24.0 Å². The molecule has 7 heteroatoms. The fourth-order valence-corrected chi connectivity index (χ4v) is 4.11. The van der Waals surface area contributed by atoms with Gasteiger partial charge in [0.2, 0.25) is 0 Å². The number of thiazole rings is 1. The van der Waals surface area contributed by atoms with Crippen molar-refractivity contribution >= 4 is 17.4 Å². The smallest absolute Gasteiger partial charge is 0.318 e. The van der Waals surface area contributed by atoms with Gasteiger partial charge in [-0.15, -0.1) is 11.3 Å². The molecule has 4 rings (SSSR count). The Labute approximate surface area is 139 Å². The second-order valence-electron chi connectivity index (χ2n) is 6.31. The highest BCUT2D eigenvalue weighted by molar-refractivity contribution is 7.09. The molecule has 1 aliphatic carbocycles. The first-order valence-electron chi connectivity index (χ1n) is 8.29. The molecule has 1 saturated carbocycles. The number of nitrogens with one attached hydrogen (secondary N) is 2. The fourth-order valence-electron chi connectivity index (χ4n) is 3.33. The van der Waals surface area contributed by atoms with Gasteiger partial charge in [0.25, 0.3) is 0 Å². The van der Waals surface area contributed by atoms with Crippen LogP contribution in [0.25, 0.3) is 0 Å². The zero-order chi connectivity index (χ0) is 15.6. The Bertz CT molecular complexity index is 637. The summed E-state index contributed by atoms with van der Waals surface area (Å²) in [7, 11) is 0. The molecule has 2 fully saturated rings. The third-order valence-corrected chi connectivity index (χ3v) is 5.55. The van der Waals surface area contributed by atoms with Crippen LogP contribution in [-0.2, 0) is 0 Å². The third-order valence-electron chi connectivity index (χ3n) is 4.69. The number of rotatable bonds is 4. The zero-order valence-electron chi connectivity index (χ0n) is 12.9. The number of amides is 2. The van der Waals surface area contributed by atoms with Gasteiger partial charge in [0, 0.05) is 30.5 Å². The van der Waals surface area contributed by atoms with Gasteiger partial charge in [-0.2, -0.15) is 0 Å². The molecule has 1 saturated heterocycles. The van der Waals surface area contributed by atoms with Crippen LogP contribution in [0.1, 0.15) is 55.0 Å². The van der Waals surface area contributed by atoms with Gasteiger partial charge in [0.05, 0.1) is 12.1 Å². The number of aromatic nitrogens is 3. The van der Waals surface area contributed by atoms with Crippen LogP contribution in [0.3, 0.4) is 0 Å². The molecule has 2 atom stereocenters. The van der Waals surface area contributed by atoms with E-state index in [0.29, 0.717) is 5.92 Å². The number of H-pyrrole nitrogens is 1. The van der Waals surface area contributed by atoms with Gasteiger partial charge >= 0.3 is 6.03 Å². The summed E-state index contributed by atoms with van der Waals surface area (Å²) in [6, 6.07) is 0.120. The van der Waals surface area contributed by atoms with Crippen LogP contribution in [0.2, 0.25) is 0 Å². The maximum atomic E-state index is 12.9. The van der Waals surface area contributed by atoms with E-state index in [2.05, 4.69) is 20.3 Å². The van der Waals surface area contributed by atoms with E-state index in [-0.39, 0.29) is 18.1 Å². The number of hydrogen-bond donors (Lipinski definition) is 2. The molecule has 2 aromatic heterocycles. The molecule has 122 valence electrons. The Kier molecular flexibility index (Phi) is 4.03. The molecule has 2 aliphatic rings. The Morgan fingerprint density at radius 1 is 1.30 bits per heavy atom. The molecule has 0 unspecified atom stereocenters. The second kappa shape index (κ2) is 6.31. The van der Waals surface area contributed by atoms with E-state index in [1.165, 1.54) is 12.8 Å². The van der Waals surface area contributed by atoms with Crippen molar-refractivity contribution in [3.63, 3.8) is 0 Å². The molecule has 23 heavy (non-hydrogen) atoms. The number of likely N-dealkylation sites (tertiary alicyclic amines) is 1. The number of urea groups is 1. The van der Waals surface area contributed by atoms with E-state index in [4.69, 9.17) is 0 Å². The molecule has 6 nitrogen and oxygen atoms in total. The van der Waals surface area contributed by atoms with Crippen LogP contribution in [0.5, 0.6) is 0 Å². The normalized spacial score (nSPS) is 22.8. The van der Waals surface area contributed by atoms with Crippen molar-refractivity contribution in [3.8, 4) is 0 Å². The van der Waals surface area contributed by atoms with E-state index in [1.807, 2.05) is 22.7 Å². The minimum absolute atomic E-state index is 0.0122. The van der Waals surface area contributed by atoms with Crippen molar-refractivity contribution in [1.29, 1.82) is 0 Å². The van der Waals surface area contributed by atoms with Gasteiger partial charge < -0.3 is 15.2 Å². The molecule has 2 N–H and O–H groups in total. The number of hydrogen-bond acceptors (Lipinski definition) is 4. The summed E-state index contributed by atoms with van der Waals surface area (Å²) in [6.45, 7) is 0.784. The van der Waals surface area contributed by atoms with Crippen molar-refractivity contribution in [1.82, 2.24) is 25.2 Å². The standard InChI is InChI=1S/C16H21N5OS/c22-16(20-13(11-4-5-11)15-19-8-10-23-15)21-9-2-1-3-12(21)14-17-6-7-18-14/h6-8,10-13H,1-5,9H2,(H,17,18)(H,20,22)/t12-,13-/m0/s1. The van der Waals surface area contributed by atoms with Crippen LogP contribution < -0.4 is 5.32 Å². The number of piperidine rings is 1. The summed E-state index contributed by atoms with van der Waals surface area (Å²) in [4.78, 5) is 26.8. The summed E-state index contributed by atoms with van der Waals surface area (Å²) in [5.74, 6) is 1.43. The predicted molar refractivity (Wildman–Crippen MR) is 88.0 cm³/mol. The van der Waals surface area contributed by atoms with Crippen LogP contribution in [0.4, 0.5) is 4.79 Å². The third kappa shape index (κ3) is 3.10. The van der Waals surface area contributed by atoms with Crippen molar-refractivity contribution in [2.24, 2.45) is 5.92 Å². The van der Waals surface area contributed by atoms with Crippen molar-refractivity contribution in [2.75, 3.05) is 6.54 Å². The summed E-state index contributed by atoms with van der Waals surface area (Å²) in [5.41, 5.74) is 0. The van der Waals surface area contributed by atoms with Gasteiger partial charge in [-0.1, -0.05) is 0 Å². The van der Waals surface area contributed by atoms with E-state index >= 15 is 0 Å². The monoisotopic (exact) mass is 331 g/mol. The molecule has 2 amide bonds. The summed E-state index contributed by atoms with van der Waals surface area (Å²) >= 11 is 1.62. The first-order chi connectivity index (χ1) is 11.3. The van der Waals surface area contributed by atoms with Crippen LogP contribution in [0, 0.1) is 5.92 Å². The molecular weight excluding hydrogens is 310 g/mol. The topological polar surface area (TPSA) is 73.9 Å². The molecule has 0 radical (unpaired) electrons. The van der Waals surface area contributed by atoms with Crippen LogP contribution in [-0.4, -0.2) is 32.4 Å². The first-order valence-corrected chi connectivity index (χ1v) is 9.16. The highest BCUT2D eigenvalue weighted by Gasteiger charge is 2.37. The Morgan fingerprint density at radius 2 is 2.22 bits per heavy atom. The van der Waals surface area contributed by atoms with Crippen molar-refractivity contribution in [2.45, 2.75) is 44.2 Å². The summed E-state index contributed by atoms with van der Waals surface area (Å²) in [5, 5.41) is 6.23. The molecule has 0 bridgehead atoms. The Morgan fingerprint density at radius 3 is 2.91 bits per heavy atom. The number of carbonyl (C=O) groups excluding carboxylic acids is 1. The molecule has 0 aromatic carbocycles. The van der Waals surface area contributed by atoms with Gasteiger partial charge in [-0.25, -0.2) is 14.8 Å². The van der Waals surface area contributed by atoms with Gasteiger partial charge in [-0.3, -0.25) is 0 Å². The van der Waals surface area contributed by atoms with Crippen molar-refractivity contribution in [3.05, 3.63) is 34.8 Å². The largest absolute Gasteiger partial charge is 0.347 e. The lowest BCUT2D eigenvalue weighted by molar-refractivity contribution is 0.143. The predicted octanol–water partition coefficient (Wildman–Crippen LogP) is 3.25. The van der Waals surface area contributed by atoms with E-state index < -0.39 is 0 Å². The zero-order valence-corrected chi connectivity index (χ0v) is 13.8. The maximum Gasteiger partial charge on any atom is 0.318 e. The minimum Gasteiger partial charge on any atom is -0.347 e. The van der Waals surface area contributed by atoms with Gasteiger partial charge in [0.15, 0.2) is 0 Å². The Hall–Kier alpha value is -1.89. The van der Waals surface area contributed by atoms with Crippen molar-refractivity contribution < 1.29 is 4.79 Å². The lowest BCUT2D eigenvalue weighted by Crippen LogP contribution is -2.46. The molecule has 1 aliphatic heterocycles. The molecule has 0 spiro atoms. The lowest BCUT2D eigenvalue weighted by atomic mass is 10.0. The number of carbonyl (C=O) groups is 1. The minimum atomic E-state index is 0.0122. The SMILES string of the molecule is O=C(N[C@H](c1nccs1)C1CC1)N1CCCC[C@H]1c1ncc[nH]1. The molecule has 2 aromatic rings. The Balaban J connectivity index is 1.50. The molecule has 3 heterocycles. The molecular formula is C16H21N5OS. The highest BCUT2D eigenvalue weighted by atomic mass is 32.1. The average Bonchev–Trinajstić information content (AvgIpc) is 3.06. The van der Waals surface area contributed by atoms with Crippen LogP contribution >= 0.6 is 11.3 Å². The highest BCUT2D eigenvalue weighted by Crippen LogP contribution is 2.42. The van der Waals surface area contributed by atoms with E-state index in [9.17, 15) is 4.79 Å². The quantitative estimate of drug-likeness (QED) is 0.903. The number of imidazole rings is 1.